The van der Waals surface area contributed by atoms with Gasteiger partial charge in [-0.15, -0.1) is 0 Å². The number of ketones is 1. The first-order chi connectivity index (χ1) is 20.7. The summed E-state index contributed by atoms with van der Waals surface area (Å²) in [5.74, 6) is -1.06. The number of nitrogens with one attached hydrogen (secondary N) is 3. The monoisotopic (exact) mass is 581 g/mol. The third-order valence-corrected chi connectivity index (χ3v) is 7.82. The highest BCUT2D eigenvalue weighted by atomic mass is 16.5. The Labute approximate surface area is 249 Å². The average Bonchev–Trinajstić information content (AvgIpc) is 2.97. The Morgan fingerprint density at radius 2 is 1.79 bits per heavy atom. The predicted molar refractivity (Wildman–Crippen MR) is 166 cm³/mol. The van der Waals surface area contributed by atoms with Crippen molar-refractivity contribution in [3.63, 3.8) is 0 Å². The minimum absolute atomic E-state index is 0.0114. The van der Waals surface area contributed by atoms with E-state index in [1.807, 2.05) is 50.2 Å². The van der Waals surface area contributed by atoms with E-state index in [-0.39, 0.29) is 37.4 Å². The van der Waals surface area contributed by atoms with Crippen molar-refractivity contribution in [2.45, 2.75) is 52.0 Å². The lowest BCUT2D eigenvalue weighted by atomic mass is 9.86. The van der Waals surface area contributed by atoms with Gasteiger partial charge in [-0.3, -0.25) is 19.7 Å². The van der Waals surface area contributed by atoms with Crippen molar-refractivity contribution in [3.8, 4) is 0 Å². The summed E-state index contributed by atoms with van der Waals surface area (Å²) in [6.07, 6.45) is 1.56. The van der Waals surface area contributed by atoms with Crippen LogP contribution < -0.4 is 16.2 Å². The van der Waals surface area contributed by atoms with Crippen LogP contribution in [0.3, 0.4) is 0 Å². The van der Waals surface area contributed by atoms with Gasteiger partial charge in [0.1, 0.15) is 6.04 Å². The molecule has 43 heavy (non-hydrogen) atoms. The normalized spacial score (nSPS) is 17.3. The fraction of sp³-hybridized carbons (Fsp3) is 0.294. The number of rotatable bonds is 5. The van der Waals surface area contributed by atoms with Crippen LogP contribution in [0.5, 0.6) is 0 Å². The van der Waals surface area contributed by atoms with Crippen LogP contribution in [0.25, 0.3) is 10.8 Å². The SMILES string of the molecule is CCOC(=O)C[C@H]1CC(=O)[C@H](Nc2ccc3cc[nH]c(=O)c3c2)c2cc(C)c(c(C)c2)CCOC(=O)Nc2cccc1c2. The molecule has 2 aliphatic heterocycles. The maximum atomic E-state index is 14.3. The van der Waals surface area contributed by atoms with Crippen LogP contribution in [0.4, 0.5) is 16.2 Å². The number of aromatic nitrogens is 1. The quantitative estimate of drug-likeness (QED) is 0.243. The van der Waals surface area contributed by atoms with Crippen molar-refractivity contribution >= 4 is 40.0 Å². The number of anilines is 2. The number of H-pyrrole nitrogens is 1. The first-order valence-corrected chi connectivity index (χ1v) is 14.4. The van der Waals surface area contributed by atoms with Crippen LogP contribution in [-0.2, 0) is 25.5 Å². The number of Topliss-reactive ketones (excluding diaryl/α,β-unsaturated/α-hetero) is 1. The Morgan fingerprint density at radius 3 is 2.56 bits per heavy atom. The van der Waals surface area contributed by atoms with E-state index in [0.717, 1.165) is 27.6 Å². The lowest BCUT2D eigenvalue weighted by molar-refractivity contribution is -0.143. The van der Waals surface area contributed by atoms with Gasteiger partial charge in [-0.25, -0.2) is 4.79 Å². The predicted octanol–water partition coefficient (Wildman–Crippen LogP) is 6.10. The summed E-state index contributed by atoms with van der Waals surface area (Å²) < 4.78 is 10.7. The first kappa shape index (κ1) is 29.6. The Balaban J connectivity index is 1.59. The minimum Gasteiger partial charge on any atom is -0.466 e. The summed E-state index contributed by atoms with van der Waals surface area (Å²) in [6.45, 7) is 6.09. The standard InChI is InChI=1S/C34H35N3O6/c1-4-42-31(39)18-24-17-30(38)32(36-27-9-8-22-10-12-35-33(40)29(22)19-27)25-14-20(2)28(21(3)15-25)11-13-43-34(41)37-26-7-5-6-23(24)16-26/h5-10,12,14-16,19,24,32,36H,4,11,13,17-18H2,1-3H3,(H,35,40)(H,37,41)/t24-,32-/m1/s1. The minimum atomic E-state index is -0.761. The van der Waals surface area contributed by atoms with Crippen LogP contribution in [0.2, 0.25) is 0 Å². The largest absolute Gasteiger partial charge is 0.466 e. The number of carbonyl (C=O) groups is 3. The number of aryl methyl sites for hydroxylation is 2. The molecule has 9 heteroatoms. The Bertz CT molecular complexity index is 1720. The fourth-order valence-electron chi connectivity index (χ4n) is 5.74. The molecule has 1 aromatic heterocycles. The van der Waals surface area contributed by atoms with E-state index < -0.39 is 24.0 Å². The number of aromatic amines is 1. The molecular formula is C34H35N3O6. The zero-order chi connectivity index (χ0) is 30.5. The molecule has 4 bridgehead atoms. The molecule has 0 saturated heterocycles. The Morgan fingerprint density at radius 1 is 1.00 bits per heavy atom. The first-order valence-electron chi connectivity index (χ1n) is 14.4. The Kier molecular flexibility index (Phi) is 8.90. The summed E-state index contributed by atoms with van der Waals surface area (Å²) >= 11 is 0. The van der Waals surface area contributed by atoms with Gasteiger partial charge in [-0.05, 0) is 84.3 Å². The molecule has 0 fully saturated rings. The van der Waals surface area contributed by atoms with Gasteiger partial charge >= 0.3 is 12.1 Å². The second-order valence-corrected chi connectivity index (χ2v) is 10.8. The number of hydrogen-bond acceptors (Lipinski definition) is 7. The van der Waals surface area contributed by atoms with Crippen LogP contribution in [-0.4, -0.2) is 36.0 Å². The number of amides is 1. The number of carbonyl (C=O) groups excluding carboxylic acids is 3. The molecule has 0 aliphatic carbocycles. The van der Waals surface area contributed by atoms with Crippen molar-refractivity contribution in [1.82, 2.24) is 4.98 Å². The van der Waals surface area contributed by atoms with Gasteiger partial charge in [-0.2, -0.15) is 0 Å². The molecule has 3 aromatic carbocycles. The van der Waals surface area contributed by atoms with Crippen LogP contribution in [0, 0.1) is 13.8 Å². The fourth-order valence-corrected chi connectivity index (χ4v) is 5.74. The topological polar surface area (TPSA) is 127 Å². The summed E-state index contributed by atoms with van der Waals surface area (Å²) in [7, 11) is 0. The number of fused-ring (bicyclic) bond motifs is 10. The zero-order valence-electron chi connectivity index (χ0n) is 24.5. The number of hydrogen-bond donors (Lipinski definition) is 3. The summed E-state index contributed by atoms with van der Waals surface area (Å²) in [5.41, 5.74) is 5.35. The molecule has 3 heterocycles. The molecular weight excluding hydrogens is 546 g/mol. The van der Waals surface area contributed by atoms with E-state index in [2.05, 4.69) is 15.6 Å². The van der Waals surface area contributed by atoms with Gasteiger partial charge in [0.05, 0.1) is 19.6 Å². The zero-order valence-corrected chi connectivity index (χ0v) is 24.5. The number of pyridine rings is 1. The molecule has 0 radical (unpaired) electrons. The molecule has 0 unspecified atom stereocenters. The van der Waals surface area contributed by atoms with Gasteiger partial charge in [-0.1, -0.05) is 30.3 Å². The number of esters is 1. The molecule has 3 N–H and O–H groups in total. The second kappa shape index (κ2) is 12.9. The third kappa shape index (κ3) is 6.94. The molecule has 0 spiro atoms. The molecule has 1 amide bonds. The average molecular weight is 582 g/mol. The number of benzene rings is 3. The van der Waals surface area contributed by atoms with Crippen LogP contribution >= 0.6 is 0 Å². The second-order valence-electron chi connectivity index (χ2n) is 10.8. The van der Waals surface area contributed by atoms with E-state index in [4.69, 9.17) is 9.47 Å². The maximum absolute atomic E-state index is 14.3. The molecule has 6 rings (SSSR count). The maximum Gasteiger partial charge on any atom is 0.411 e. The van der Waals surface area contributed by atoms with Crippen molar-refractivity contribution in [1.29, 1.82) is 0 Å². The van der Waals surface area contributed by atoms with E-state index in [0.29, 0.717) is 28.7 Å². The van der Waals surface area contributed by atoms with Crippen LogP contribution in [0.15, 0.2) is 71.7 Å². The van der Waals surface area contributed by atoms with E-state index in [1.165, 1.54) is 0 Å². The van der Waals surface area contributed by atoms with Crippen LogP contribution in [0.1, 0.15) is 59.5 Å². The molecule has 2 atom stereocenters. The molecule has 2 aliphatic rings. The lowest BCUT2D eigenvalue weighted by Gasteiger charge is -2.25. The van der Waals surface area contributed by atoms with E-state index in [1.54, 1.807) is 37.4 Å². The van der Waals surface area contributed by atoms with Crippen molar-refractivity contribution < 1.29 is 23.9 Å². The molecule has 222 valence electrons. The van der Waals surface area contributed by atoms with E-state index >= 15 is 0 Å². The number of ether oxygens (including phenoxy) is 2. The van der Waals surface area contributed by atoms with Gasteiger partial charge < -0.3 is 19.8 Å². The van der Waals surface area contributed by atoms with Crippen molar-refractivity contribution in [2.24, 2.45) is 0 Å². The van der Waals surface area contributed by atoms with Gasteiger partial charge in [0.25, 0.3) is 5.56 Å². The van der Waals surface area contributed by atoms with Gasteiger partial charge in [0.2, 0.25) is 0 Å². The molecule has 9 nitrogen and oxygen atoms in total. The smallest absolute Gasteiger partial charge is 0.411 e. The molecule has 0 saturated carbocycles. The highest BCUT2D eigenvalue weighted by Gasteiger charge is 2.28. The third-order valence-electron chi connectivity index (χ3n) is 7.82. The van der Waals surface area contributed by atoms with Crippen molar-refractivity contribution in [3.05, 3.63) is 105 Å². The molecule has 4 aromatic rings. The highest BCUT2D eigenvalue weighted by molar-refractivity contribution is 5.91. The van der Waals surface area contributed by atoms with Gasteiger partial charge in [0, 0.05) is 41.7 Å². The highest BCUT2D eigenvalue weighted by Crippen LogP contribution is 2.33. The van der Waals surface area contributed by atoms with E-state index in [9.17, 15) is 19.2 Å². The summed E-state index contributed by atoms with van der Waals surface area (Å²) in [5, 5.41) is 7.45. The van der Waals surface area contributed by atoms with Gasteiger partial charge in [0.15, 0.2) is 5.78 Å². The summed E-state index contributed by atoms with van der Waals surface area (Å²) in [4.78, 5) is 54.7. The summed E-state index contributed by atoms with van der Waals surface area (Å²) in [6, 6.07) is 17.5. The lowest BCUT2D eigenvalue weighted by Crippen LogP contribution is -2.25. The Hall–Kier alpha value is -4.92. The van der Waals surface area contributed by atoms with Crippen molar-refractivity contribution in [2.75, 3.05) is 23.8 Å².